The van der Waals surface area contributed by atoms with Crippen LogP contribution in [0.15, 0.2) is 47.8 Å². The van der Waals surface area contributed by atoms with Gasteiger partial charge in [0.25, 0.3) is 0 Å². The van der Waals surface area contributed by atoms with Crippen molar-refractivity contribution in [2.75, 3.05) is 7.11 Å². The fourth-order valence-electron chi connectivity index (χ4n) is 5.41. The highest BCUT2D eigenvalue weighted by Gasteiger charge is 2.64. The molecule has 1 unspecified atom stereocenters. The number of fused-ring (bicyclic) bond motifs is 3. The Labute approximate surface area is 164 Å². The molecule has 2 fully saturated rings. The third-order valence-electron chi connectivity index (χ3n) is 6.59. The van der Waals surface area contributed by atoms with Gasteiger partial charge >= 0.3 is 5.97 Å². The topological polar surface area (TPSA) is 65.7 Å². The first-order valence-corrected chi connectivity index (χ1v) is 9.70. The first-order chi connectivity index (χ1) is 13.5. The Hall–Kier alpha value is -2.62. The molecule has 5 atom stereocenters. The van der Waals surface area contributed by atoms with Crippen molar-refractivity contribution in [2.24, 2.45) is 0 Å². The number of carbonyl (C=O) groups is 1. The number of carbonyl (C=O) groups excluding carboxylic acids is 1. The SMILES string of the molecule is COC(C)[C@H]1CC[C@H]2N1[C@@H]1C=C(C#Cc3ccc[n+]([O-])c3)C3=CC(=O)O[C@@]32C1. The third-order valence-corrected chi connectivity index (χ3v) is 6.59. The van der Waals surface area contributed by atoms with Crippen molar-refractivity contribution in [1.29, 1.82) is 0 Å². The molecular formula is C22H22N2O4. The van der Waals surface area contributed by atoms with E-state index in [0.717, 1.165) is 35.1 Å². The minimum absolute atomic E-state index is 0.116. The molecule has 1 spiro atoms. The van der Waals surface area contributed by atoms with Crippen molar-refractivity contribution in [1.82, 2.24) is 4.90 Å². The average Bonchev–Trinajstić information content (AvgIpc) is 3.32. The van der Waals surface area contributed by atoms with Crippen LogP contribution in [0.25, 0.3) is 0 Å². The molecule has 5 rings (SSSR count). The third kappa shape index (κ3) is 2.43. The van der Waals surface area contributed by atoms with Crippen LogP contribution in [0.5, 0.6) is 0 Å². The fourth-order valence-corrected chi connectivity index (χ4v) is 5.41. The lowest BCUT2D eigenvalue weighted by Crippen LogP contribution is -2.47. The smallest absolute Gasteiger partial charge is 0.332 e. The fraction of sp³-hybridized carbons (Fsp3) is 0.455. The Bertz CT molecular complexity index is 972. The van der Waals surface area contributed by atoms with Gasteiger partial charge in [-0.05, 0) is 25.8 Å². The zero-order valence-corrected chi connectivity index (χ0v) is 15.9. The standard InChI is InChI=1S/C22H22N2O4/c1-14(27-2)19-7-8-20-22-12-17(24(19)20)10-16(18(22)11-21(25)28-22)6-5-15-4-3-9-23(26)13-15/h3-4,9-11,13-14,17,19-20H,7-8,12H2,1-2H3/t14?,17-,19-,20-,22+/m1/s1. The maximum atomic E-state index is 12.3. The molecule has 2 bridgehead atoms. The normalized spacial score (nSPS) is 33.9. The maximum absolute atomic E-state index is 12.3. The van der Waals surface area contributed by atoms with Crippen LogP contribution in [-0.4, -0.2) is 47.8 Å². The van der Waals surface area contributed by atoms with Crippen molar-refractivity contribution < 1.29 is 19.0 Å². The van der Waals surface area contributed by atoms with Gasteiger partial charge in [-0.1, -0.05) is 17.9 Å². The van der Waals surface area contributed by atoms with Crippen LogP contribution in [0, 0.1) is 17.0 Å². The van der Waals surface area contributed by atoms with Gasteiger partial charge in [-0.25, -0.2) is 4.79 Å². The molecule has 0 radical (unpaired) electrons. The van der Waals surface area contributed by atoms with Gasteiger partial charge in [0.05, 0.1) is 17.7 Å². The average molecular weight is 378 g/mol. The number of aromatic nitrogens is 1. The van der Waals surface area contributed by atoms with Gasteiger partial charge in [-0.2, -0.15) is 4.73 Å². The zero-order chi connectivity index (χ0) is 19.5. The van der Waals surface area contributed by atoms with E-state index < -0.39 is 5.60 Å². The number of pyridine rings is 1. The van der Waals surface area contributed by atoms with E-state index in [0.29, 0.717) is 11.6 Å². The molecule has 3 aliphatic heterocycles. The summed E-state index contributed by atoms with van der Waals surface area (Å²) in [4.78, 5) is 14.7. The molecule has 6 heteroatoms. The second-order valence-electron chi connectivity index (χ2n) is 7.97. The molecule has 1 aromatic rings. The summed E-state index contributed by atoms with van der Waals surface area (Å²) in [6.45, 7) is 2.10. The van der Waals surface area contributed by atoms with E-state index in [2.05, 4.69) is 29.7 Å². The molecule has 4 heterocycles. The lowest BCUT2D eigenvalue weighted by Gasteiger charge is -2.33. The van der Waals surface area contributed by atoms with Gasteiger partial charge in [0.2, 0.25) is 0 Å². The second kappa shape index (κ2) is 6.20. The van der Waals surface area contributed by atoms with Crippen molar-refractivity contribution in [3.8, 4) is 11.8 Å². The molecular weight excluding hydrogens is 356 g/mol. The maximum Gasteiger partial charge on any atom is 0.332 e. The van der Waals surface area contributed by atoms with Crippen LogP contribution >= 0.6 is 0 Å². The number of hydrogen-bond donors (Lipinski definition) is 0. The highest BCUT2D eigenvalue weighted by molar-refractivity contribution is 5.90. The van der Waals surface area contributed by atoms with E-state index in [1.165, 1.54) is 12.4 Å². The minimum atomic E-state index is -0.599. The van der Waals surface area contributed by atoms with E-state index in [1.807, 2.05) is 0 Å². The zero-order valence-electron chi connectivity index (χ0n) is 15.9. The van der Waals surface area contributed by atoms with Gasteiger partial charge < -0.3 is 14.7 Å². The monoisotopic (exact) mass is 378 g/mol. The van der Waals surface area contributed by atoms with E-state index >= 15 is 0 Å². The van der Waals surface area contributed by atoms with Crippen molar-refractivity contribution in [3.05, 3.63) is 58.6 Å². The summed E-state index contributed by atoms with van der Waals surface area (Å²) in [5, 5.41) is 11.5. The quantitative estimate of drug-likeness (QED) is 0.338. The molecule has 144 valence electrons. The van der Waals surface area contributed by atoms with Crippen molar-refractivity contribution in [2.45, 2.75) is 56.0 Å². The number of rotatable bonds is 2. The number of hydrogen-bond acceptors (Lipinski definition) is 5. The summed E-state index contributed by atoms with van der Waals surface area (Å²) in [5.41, 5.74) is 1.77. The number of ether oxygens (including phenoxy) is 2. The van der Waals surface area contributed by atoms with Gasteiger partial charge in [-0.3, -0.25) is 4.90 Å². The number of methoxy groups -OCH3 is 1. The van der Waals surface area contributed by atoms with Crippen LogP contribution < -0.4 is 4.73 Å². The molecule has 1 aromatic heterocycles. The van der Waals surface area contributed by atoms with E-state index in [4.69, 9.17) is 9.47 Å². The molecule has 6 nitrogen and oxygen atoms in total. The second-order valence-corrected chi connectivity index (χ2v) is 7.97. The summed E-state index contributed by atoms with van der Waals surface area (Å²) < 4.78 is 12.3. The van der Waals surface area contributed by atoms with Gasteiger partial charge in [0.15, 0.2) is 18.0 Å². The van der Waals surface area contributed by atoms with Gasteiger partial charge in [-0.15, -0.1) is 0 Å². The van der Waals surface area contributed by atoms with Crippen LogP contribution in [0.2, 0.25) is 0 Å². The Balaban J connectivity index is 1.56. The van der Waals surface area contributed by atoms with Gasteiger partial charge in [0.1, 0.15) is 0 Å². The number of nitrogens with zero attached hydrogens (tertiary/aromatic N) is 2. The molecule has 1 aliphatic carbocycles. The molecule has 0 N–H and O–H groups in total. The summed E-state index contributed by atoms with van der Waals surface area (Å²) in [7, 11) is 1.74. The predicted octanol–water partition coefficient (Wildman–Crippen LogP) is 1.47. The summed E-state index contributed by atoms with van der Waals surface area (Å²) in [5.74, 6) is 5.98. The summed E-state index contributed by atoms with van der Waals surface area (Å²) in [6, 6.07) is 4.11. The van der Waals surface area contributed by atoms with Crippen molar-refractivity contribution in [3.63, 3.8) is 0 Å². The summed E-state index contributed by atoms with van der Waals surface area (Å²) in [6.07, 6.45) is 9.54. The lowest BCUT2D eigenvalue weighted by atomic mass is 9.77. The molecule has 0 amide bonds. The predicted molar refractivity (Wildman–Crippen MR) is 101 cm³/mol. The Kier molecular flexibility index (Phi) is 3.87. The first-order valence-electron chi connectivity index (χ1n) is 9.70. The van der Waals surface area contributed by atoms with Crippen LogP contribution in [-0.2, 0) is 14.3 Å². The largest absolute Gasteiger partial charge is 0.619 e. The van der Waals surface area contributed by atoms with Crippen LogP contribution in [0.1, 0.15) is 31.7 Å². The number of esters is 1. The van der Waals surface area contributed by atoms with E-state index in [-0.39, 0.29) is 24.2 Å². The molecule has 0 saturated carbocycles. The van der Waals surface area contributed by atoms with E-state index in [1.54, 1.807) is 25.3 Å². The van der Waals surface area contributed by atoms with Crippen molar-refractivity contribution >= 4 is 5.97 Å². The highest BCUT2D eigenvalue weighted by Crippen LogP contribution is 2.55. The summed E-state index contributed by atoms with van der Waals surface area (Å²) >= 11 is 0. The van der Waals surface area contributed by atoms with Crippen LogP contribution in [0.4, 0.5) is 0 Å². The van der Waals surface area contributed by atoms with Gasteiger partial charge in [0, 0.05) is 48.9 Å². The Morgan fingerprint density at radius 3 is 3.07 bits per heavy atom. The van der Waals surface area contributed by atoms with Crippen LogP contribution in [0.3, 0.4) is 0 Å². The molecule has 4 aliphatic rings. The molecule has 28 heavy (non-hydrogen) atoms. The Morgan fingerprint density at radius 2 is 2.29 bits per heavy atom. The molecule has 2 saturated heterocycles. The van der Waals surface area contributed by atoms with E-state index in [9.17, 15) is 10.0 Å². The minimum Gasteiger partial charge on any atom is -0.619 e. The highest BCUT2D eigenvalue weighted by atomic mass is 16.6. The first kappa shape index (κ1) is 17.5. The molecule has 0 aromatic carbocycles. The lowest BCUT2D eigenvalue weighted by molar-refractivity contribution is -0.605. The Morgan fingerprint density at radius 1 is 1.43 bits per heavy atom.